The van der Waals surface area contributed by atoms with Crippen LogP contribution in [0.1, 0.15) is 26.5 Å². The summed E-state index contributed by atoms with van der Waals surface area (Å²) in [6.07, 6.45) is -2.25. The highest BCUT2D eigenvalue weighted by molar-refractivity contribution is 7.53. The molecule has 1 saturated heterocycles. The molecule has 0 aromatic carbocycles. The van der Waals surface area contributed by atoms with Crippen LogP contribution in [-0.2, 0) is 22.9 Å². The second kappa shape index (κ2) is 7.36. The number of aromatic amines is 1. The van der Waals surface area contributed by atoms with Gasteiger partial charge in [0.1, 0.15) is 11.5 Å². The van der Waals surface area contributed by atoms with Gasteiger partial charge in [0, 0.05) is 11.0 Å². The highest BCUT2D eigenvalue weighted by Crippen LogP contribution is 2.51. The minimum Gasteiger partial charge on any atom is -0.369 e. The van der Waals surface area contributed by atoms with E-state index in [1.54, 1.807) is 0 Å². The first kappa shape index (κ1) is 20.0. The highest BCUT2D eigenvalue weighted by Gasteiger charge is 2.47. The van der Waals surface area contributed by atoms with E-state index in [-0.39, 0.29) is 23.4 Å². The van der Waals surface area contributed by atoms with Crippen molar-refractivity contribution in [3.8, 4) is 0 Å². The molecule has 0 saturated carbocycles. The summed E-state index contributed by atoms with van der Waals surface area (Å²) in [5.74, 6) is -0.133. The van der Waals surface area contributed by atoms with Crippen molar-refractivity contribution in [1.29, 1.82) is 0 Å². The van der Waals surface area contributed by atoms with Gasteiger partial charge in [-0.25, -0.2) is 4.68 Å². The van der Waals surface area contributed by atoms with Crippen LogP contribution in [0.5, 0.6) is 0 Å². The zero-order chi connectivity index (χ0) is 19.9. The molecular formula is C12H18N5O8P2+. The molecule has 3 unspecified atom stereocenters. The summed E-state index contributed by atoms with van der Waals surface area (Å²) >= 11 is 0. The first-order chi connectivity index (χ1) is 12.6. The number of aromatic nitrogens is 4. The van der Waals surface area contributed by atoms with Crippen molar-refractivity contribution in [2.75, 3.05) is 5.73 Å². The predicted molar refractivity (Wildman–Crippen MR) is 91.8 cm³/mol. The van der Waals surface area contributed by atoms with Crippen LogP contribution in [-0.4, -0.2) is 47.6 Å². The fourth-order valence-corrected chi connectivity index (χ4v) is 3.70. The van der Waals surface area contributed by atoms with Gasteiger partial charge in [0.05, 0.1) is 11.9 Å². The van der Waals surface area contributed by atoms with Crippen LogP contribution in [0.15, 0.2) is 11.0 Å². The van der Waals surface area contributed by atoms with Gasteiger partial charge in [-0.2, -0.15) is 10.1 Å². The van der Waals surface area contributed by atoms with E-state index in [9.17, 15) is 18.8 Å². The maximum Gasteiger partial charge on any atom is 0.697 e. The van der Waals surface area contributed by atoms with E-state index < -0.39 is 45.7 Å². The van der Waals surface area contributed by atoms with Gasteiger partial charge in [-0.3, -0.25) is 18.9 Å². The fraction of sp³-hybridized carbons (Fsp3) is 0.583. The van der Waals surface area contributed by atoms with Gasteiger partial charge in [-0.05, 0) is 0 Å². The number of ether oxygens (including phenoxy) is 1. The zero-order valence-corrected chi connectivity index (χ0v) is 16.0. The third-order valence-corrected chi connectivity index (χ3v) is 6.18. The molecule has 15 heteroatoms. The van der Waals surface area contributed by atoms with Crippen LogP contribution in [0.4, 0.5) is 5.95 Å². The Hall–Kier alpha value is -1.72. The Kier molecular flexibility index (Phi) is 5.46. The molecule has 3 heterocycles. The van der Waals surface area contributed by atoms with E-state index in [0.717, 1.165) is 0 Å². The van der Waals surface area contributed by atoms with Crippen molar-refractivity contribution in [2.45, 2.75) is 44.5 Å². The second-order valence-corrected chi connectivity index (χ2v) is 9.18. The number of nitrogens with two attached hydrogens (primary N) is 1. The summed E-state index contributed by atoms with van der Waals surface area (Å²) in [4.78, 5) is 37.2. The van der Waals surface area contributed by atoms with E-state index in [1.165, 1.54) is 24.7 Å². The summed E-state index contributed by atoms with van der Waals surface area (Å²) in [6.45, 7) is 2.99. The monoisotopic (exact) mass is 422 g/mol. The Balaban J connectivity index is 1.93. The lowest BCUT2D eigenvalue weighted by molar-refractivity contribution is -0.124. The largest absolute Gasteiger partial charge is 0.697 e. The Morgan fingerprint density at radius 2 is 2.26 bits per heavy atom. The molecule has 0 bridgehead atoms. The summed E-state index contributed by atoms with van der Waals surface area (Å²) in [5.41, 5.74) is 4.46. The number of anilines is 1. The predicted octanol–water partition coefficient (Wildman–Crippen LogP) is 0.592. The number of nitrogens with zero attached hydrogens (tertiary/aromatic N) is 3. The van der Waals surface area contributed by atoms with Gasteiger partial charge >= 0.3 is 15.9 Å². The minimum absolute atomic E-state index is 0.0454. The molecule has 0 radical (unpaired) electrons. The van der Waals surface area contributed by atoms with Crippen LogP contribution in [0.2, 0.25) is 0 Å². The number of nitrogens with one attached hydrogen (secondary N) is 1. The van der Waals surface area contributed by atoms with Crippen molar-refractivity contribution in [2.24, 2.45) is 0 Å². The fourth-order valence-electron chi connectivity index (χ4n) is 2.52. The van der Waals surface area contributed by atoms with Crippen LogP contribution < -0.4 is 11.3 Å². The number of hydrogen-bond donors (Lipinski definition) is 4. The van der Waals surface area contributed by atoms with E-state index in [0.29, 0.717) is 0 Å². The van der Waals surface area contributed by atoms with Crippen molar-refractivity contribution >= 4 is 32.8 Å². The maximum absolute atomic E-state index is 12.2. The lowest BCUT2D eigenvalue weighted by Gasteiger charge is -2.20. The number of nitrogen functional groups attached to an aromatic ring is 1. The molecule has 5 N–H and O–H groups in total. The number of H-pyrrole nitrogens is 1. The van der Waals surface area contributed by atoms with Gasteiger partial charge in [-0.1, -0.05) is 18.4 Å². The van der Waals surface area contributed by atoms with Gasteiger partial charge < -0.3 is 15.4 Å². The second-order valence-electron chi connectivity index (χ2n) is 6.12. The molecule has 0 amide bonds. The molecule has 3 rings (SSSR count). The van der Waals surface area contributed by atoms with Crippen LogP contribution in [0.25, 0.3) is 11.0 Å². The van der Waals surface area contributed by atoms with Gasteiger partial charge in [0.2, 0.25) is 12.2 Å². The van der Waals surface area contributed by atoms with E-state index in [4.69, 9.17) is 24.4 Å². The molecule has 1 aliphatic heterocycles. The Bertz CT molecular complexity index is 974. The molecule has 0 spiro atoms. The Labute approximate surface area is 152 Å². The normalized spacial score (nSPS) is 25.8. The van der Waals surface area contributed by atoms with Crippen molar-refractivity contribution in [3.05, 3.63) is 16.6 Å². The average Bonchev–Trinajstić information content (AvgIpc) is 3.10. The topological polar surface area (TPSA) is 192 Å². The molecular weight excluding hydrogens is 404 g/mol. The molecule has 2 aromatic rings. The third kappa shape index (κ3) is 4.09. The average molecular weight is 422 g/mol. The molecule has 1 fully saturated rings. The first-order valence-electron chi connectivity index (χ1n) is 7.80. The van der Waals surface area contributed by atoms with Gasteiger partial charge in [0.15, 0.2) is 11.9 Å². The smallest absolute Gasteiger partial charge is 0.369 e. The molecule has 148 valence electrons. The first-order valence-corrected chi connectivity index (χ1v) is 10.6. The summed E-state index contributed by atoms with van der Waals surface area (Å²) in [5, 5.41) is 4.19. The van der Waals surface area contributed by atoms with Crippen molar-refractivity contribution in [1.82, 2.24) is 19.7 Å². The molecule has 2 aromatic heterocycles. The lowest BCUT2D eigenvalue weighted by atomic mass is 10.3. The quantitative estimate of drug-likeness (QED) is 0.476. The van der Waals surface area contributed by atoms with Crippen molar-refractivity contribution in [3.63, 3.8) is 0 Å². The molecule has 13 nitrogen and oxygen atoms in total. The molecule has 1 aliphatic rings. The summed E-state index contributed by atoms with van der Waals surface area (Å²) in [7, 11) is -7.08. The third-order valence-electron chi connectivity index (χ3n) is 3.92. The zero-order valence-electron chi connectivity index (χ0n) is 14.3. The summed E-state index contributed by atoms with van der Waals surface area (Å²) < 4.78 is 40.0. The van der Waals surface area contributed by atoms with Crippen LogP contribution >= 0.6 is 15.9 Å². The van der Waals surface area contributed by atoms with Crippen LogP contribution in [0.3, 0.4) is 0 Å². The lowest BCUT2D eigenvalue weighted by Crippen LogP contribution is -2.25. The molecule has 27 heavy (non-hydrogen) atoms. The standard InChI is InChI=1S/C12H17N5O8P2/c1-5(2)27(21,22)25-7-3-8(23-11(7)24-26(19)20)17-9-6(4-14-17)10(18)16-12(13)15-9/h4-5,7-8,11H,3H2,1-2H3,(H4-,13,14,15,16,18,19,20,21,22)/p+1/t7?,8-,11-/m1/s1. The molecule has 5 atom stereocenters. The maximum atomic E-state index is 12.2. The SMILES string of the molecule is CC(C)P(=O)(O)OC1C[C@H](n2ncc3c(=O)[nH]c(N)nc32)O[C@@H]1O[P+](=O)O. The number of hydrogen-bond acceptors (Lipinski definition) is 9. The number of rotatable bonds is 6. The van der Waals surface area contributed by atoms with Gasteiger partial charge in [0.25, 0.3) is 5.56 Å². The Morgan fingerprint density at radius 3 is 2.89 bits per heavy atom. The minimum atomic E-state index is -4.02. The molecule has 0 aliphatic carbocycles. The van der Waals surface area contributed by atoms with Crippen LogP contribution in [0, 0.1) is 0 Å². The summed E-state index contributed by atoms with van der Waals surface area (Å²) in [6, 6.07) is 0. The van der Waals surface area contributed by atoms with Crippen molar-refractivity contribution < 1.29 is 32.7 Å². The Morgan fingerprint density at radius 1 is 1.56 bits per heavy atom. The highest BCUT2D eigenvalue weighted by atomic mass is 31.2. The van der Waals surface area contributed by atoms with E-state index >= 15 is 0 Å². The van der Waals surface area contributed by atoms with E-state index in [1.807, 2.05) is 0 Å². The van der Waals surface area contributed by atoms with Gasteiger partial charge in [-0.15, -0.1) is 4.89 Å². The van der Waals surface area contributed by atoms with E-state index in [2.05, 4.69) is 15.1 Å². The number of fused-ring (bicyclic) bond motifs is 1.